The average molecular weight is 504 g/mol. The molecule has 3 aromatic rings. The molecule has 0 radical (unpaired) electrons. The topological polar surface area (TPSA) is 18.5 Å². The van der Waals surface area contributed by atoms with E-state index in [-0.39, 0.29) is 23.1 Å². The van der Waals surface area contributed by atoms with Gasteiger partial charge in [-0.15, -0.1) is 0 Å². The Labute approximate surface area is 195 Å². The first-order chi connectivity index (χ1) is 16.5. The van der Waals surface area contributed by atoms with Gasteiger partial charge in [-0.25, -0.2) is 26.3 Å². The average Bonchev–Trinajstić information content (AvgIpc) is 2.80. The molecule has 1 aliphatic heterocycles. The van der Waals surface area contributed by atoms with Crippen LogP contribution in [0.25, 0.3) is 10.8 Å². The summed E-state index contributed by atoms with van der Waals surface area (Å²) in [6.45, 7) is 2.39. The van der Waals surface area contributed by atoms with Crippen LogP contribution in [0.1, 0.15) is 49.8 Å². The van der Waals surface area contributed by atoms with Gasteiger partial charge in [0.2, 0.25) is 0 Å². The van der Waals surface area contributed by atoms with E-state index in [4.69, 9.17) is 4.74 Å². The van der Waals surface area contributed by atoms with Crippen molar-refractivity contribution in [1.82, 2.24) is 0 Å². The lowest BCUT2D eigenvalue weighted by atomic mass is 9.90. The van der Waals surface area contributed by atoms with Crippen LogP contribution >= 0.6 is 0 Å². The summed E-state index contributed by atoms with van der Waals surface area (Å²) in [4.78, 5) is 0. The lowest BCUT2D eigenvalue weighted by molar-refractivity contribution is -0.187. The smallest absolute Gasteiger partial charge is 0.429 e. The summed E-state index contributed by atoms with van der Waals surface area (Å²) in [6.07, 6.45) is -2.28. The zero-order chi connectivity index (χ0) is 25.5. The SMILES string of the molecule is CCCC1CCC(c2cc3ccc(C(F)(F)Oc4cc(F)c(F)c(F)c4)c(F)c3c(F)c2F)OC1. The molecule has 2 unspecified atom stereocenters. The number of alkyl halides is 2. The van der Waals surface area contributed by atoms with E-state index in [2.05, 4.69) is 4.74 Å². The zero-order valence-electron chi connectivity index (χ0n) is 18.4. The Morgan fingerprint density at radius 2 is 1.57 bits per heavy atom. The molecule has 0 amide bonds. The fourth-order valence-corrected chi connectivity index (χ4v) is 4.34. The molecular weight excluding hydrogens is 484 g/mol. The molecule has 0 bridgehead atoms. The highest BCUT2D eigenvalue weighted by Gasteiger charge is 2.40. The fraction of sp³-hybridized carbons (Fsp3) is 0.360. The summed E-state index contributed by atoms with van der Waals surface area (Å²) in [5, 5.41) is -1.22. The minimum atomic E-state index is -4.56. The molecule has 35 heavy (non-hydrogen) atoms. The van der Waals surface area contributed by atoms with Crippen molar-refractivity contribution in [3.8, 4) is 5.75 Å². The second-order valence-corrected chi connectivity index (χ2v) is 8.49. The number of hydrogen-bond acceptors (Lipinski definition) is 2. The Balaban J connectivity index is 1.68. The molecule has 10 heteroatoms. The van der Waals surface area contributed by atoms with Crippen LogP contribution < -0.4 is 4.74 Å². The van der Waals surface area contributed by atoms with E-state index in [1.807, 2.05) is 6.92 Å². The second-order valence-electron chi connectivity index (χ2n) is 8.49. The van der Waals surface area contributed by atoms with Crippen LogP contribution in [0, 0.1) is 40.8 Å². The Hall–Kier alpha value is -2.88. The van der Waals surface area contributed by atoms with Gasteiger partial charge in [-0.3, -0.25) is 0 Å². The molecule has 1 fully saturated rings. The van der Waals surface area contributed by atoms with Crippen LogP contribution in [-0.2, 0) is 10.8 Å². The summed E-state index contributed by atoms with van der Waals surface area (Å²) in [5.74, 6) is -11.3. The van der Waals surface area contributed by atoms with Crippen LogP contribution in [0.2, 0.25) is 0 Å². The highest BCUT2D eigenvalue weighted by atomic mass is 19.3. The van der Waals surface area contributed by atoms with Crippen LogP contribution in [0.3, 0.4) is 0 Å². The maximum absolute atomic E-state index is 15.0. The molecular formula is C25H20F8O2. The van der Waals surface area contributed by atoms with E-state index in [0.29, 0.717) is 25.0 Å². The minimum Gasteiger partial charge on any atom is -0.429 e. The van der Waals surface area contributed by atoms with E-state index >= 15 is 4.39 Å². The van der Waals surface area contributed by atoms with Gasteiger partial charge in [0.1, 0.15) is 17.1 Å². The summed E-state index contributed by atoms with van der Waals surface area (Å²) in [7, 11) is 0. The first-order valence-corrected chi connectivity index (χ1v) is 11.0. The third-order valence-electron chi connectivity index (χ3n) is 6.08. The van der Waals surface area contributed by atoms with Crippen molar-refractivity contribution in [2.45, 2.75) is 44.8 Å². The van der Waals surface area contributed by atoms with Crippen LogP contribution in [-0.4, -0.2) is 6.61 Å². The minimum absolute atomic E-state index is 0.141. The van der Waals surface area contributed by atoms with Gasteiger partial charge in [0.15, 0.2) is 29.1 Å². The van der Waals surface area contributed by atoms with Crippen molar-refractivity contribution in [1.29, 1.82) is 0 Å². The molecule has 188 valence electrons. The Morgan fingerprint density at radius 3 is 2.17 bits per heavy atom. The first-order valence-electron chi connectivity index (χ1n) is 11.0. The van der Waals surface area contributed by atoms with E-state index in [1.165, 1.54) is 0 Å². The quantitative estimate of drug-likeness (QED) is 0.250. The number of hydrogen-bond donors (Lipinski definition) is 0. The van der Waals surface area contributed by atoms with Crippen molar-refractivity contribution < 1.29 is 44.6 Å². The summed E-state index contributed by atoms with van der Waals surface area (Å²) >= 11 is 0. The molecule has 0 aromatic heterocycles. The second kappa shape index (κ2) is 9.64. The molecule has 0 N–H and O–H groups in total. The van der Waals surface area contributed by atoms with Crippen molar-refractivity contribution >= 4 is 10.8 Å². The normalized spacial score (nSPS) is 18.8. The Kier molecular flexibility index (Phi) is 6.95. The predicted octanol–water partition coefficient (Wildman–Crippen LogP) is 8.07. The zero-order valence-corrected chi connectivity index (χ0v) is 18.4. The third kappa shape index (κ3) is 4.80. The Morgan fingerprint density at radius 1 is 0.886 bits per heavy atom. The summed E-state index contributed by atoms with van der Waals surface area (Å²) in [5.41, 5.74) is -1.64. The predicted molar refractivity (Wildman–Crippen MR) is 111 cm³/mol. The summed E-state index contributed by atoms with van der Waals surface area (Å²) in [6, 6.07) is 2.98. The maximum atomic E-state index is 15.0. The highest BCUT2D eigenvalue weighted by Crippen LogP contribution is 2.40. The third-order valence-corrected chi connectivity index (χ3v) is 6.08. The van der Waals surface area contributed by atoms with Crippen LogP contribution in [0.5, 0.6) is 5.75 Å². The largest absolute Gasteiger partial charge is 0.429 e. The van der Waals surface area contributed by atoms with E-state index in [9.17, 15) is 30.7 Å². The van der Waals surface area contributed by atoms with Gasteiger partial charge in [-0.1, -0.05) is 19.4 Å². The van der Waals surface area contributed by atoms with Crippen LogP contribution in [0.4, 0.5) is 35.1 Å². The highest BCUT2D eigenvalue weighted by molar-refractivity contribution is 5.85. The van der Waals surface area contributed by atoms with Crippen molar-refractivity contribution in [3.05, 3.63) is 76.4 Å². The van der Waals surface area contributed by atoms with E-state index < -0.39 is 63.8 Å². The lowest BCUT2D eigenvalue weighted by Gasteiger charge is -2.29. The fourth-order valence-electron chi connectivity index (χ4n) is 4.34. The number of rotatable bonds is 6. The molecule has 4 rings (SSSR count). The molecule has 0 aliphatic carbocycles. The van der Waals surface area contributed by atoms with Gasteiger partial charge in [0.05, 0.1) is 18.1 Å². The summed E-state index contributed by atoms with van der Waals surface area (Å²) < 4.78 is 124. The van der Waals surface area contributed by atoms with Gasteiger partial charge < -0.3 is 9.47 Å². The monoisotopic (exact) mass is 504 g/mol. The molecule has 2 nitrogen and oxygen atoms in total. The maximum Gasteiger partial charge on any atom is 0.429 e. The van der Waals surface area contributed by atoms with Gasteiger partial charge in [0, 0.05) is 17.7 Å². The molecule has 0 saturated carbocycles. The number of fused-ring (bicyclic) bond motifs is 1. The lowest BCUT2D eigenvalue weighted by Crippen LogP contribution is -2.24. The standard InChI is InChI=1S/C25H20F8O2/c1-2-3-12-4-7-19(34-11-12)15-8-13-5-6-16(22(29)20(13)24(31)21(15)28)25(32,33)35-14-9-17(26)23(30)18(27)10-14/h5-6,8-10,12,19H,2-4,7,11H2,1H3. The van der Waals surface area contributed by atoms with E-state index in [0.717, 1.165) is 31.4 Å². The van der Waals surface area contributed by atoms with Gasteiger partial charge in [-0.2, -0.15) is 8.78 Å². The Bertz CT molecular complexity index is 1230. The number of benzene rings is 3. The first kappa shape index (κ1) is 25.2. The van der Waals surface area contributed by atoms with Gasteiger partial charge in [-0.05, 0) is 42.7 Å². The van der Waals surface area contributed by atoms with Crippen LogP contribution in [0.15, 0.2) is 30.3 Å². The molecule has 1 heterocycles. The molecule has 0 spiro atoms. The number of halogens is 8. The molecule has 2 atom stereocenters. The molecule has 1 saturated heterocycles. The molecule has 3 aromatic carbocycles. The van der Waals surface area contributed by atoms with Crippen molar-refractivity contribution in [2.24, 2.45) is 5.92 Å². The van der Waals surface area contributed by atoms with Gasteiger partial charge in [0.25, 0.3) is 0 Å². The molecule has 1 aliphatic rings. The van der Waals surface area contributed by atoms with Crippen molar-refractivity contribution in [2.75, 3.05) is 6.61 Å². The van der Waals surface area contributed by atoms with Crippen molar-refractivity contribution in [3.63, 3.8) is 0 Å². The number of ether oxygens (including phenoxy) is 2. The van der Waals surface area contributed by atoms with E-state index in [1.54, 1.807) is 0 Å². The van der Waals surface area contributed by atoms with Gasteiger partial charge >= 0.3 is 6.11 Å².